The molecule has 2 rings (SSSR count). The van der Waals surface area contributed by atoms with Crippen LogP contribution in [0.2, 0.25) is 0 Å². The third-order valence-corrected chi connectivity index (χ3v) is 3.57. The van der Waals surface area contributed by atoms with E-state index in [1.54, 1.807) is 6.20 Å². The van der Waals surface area contributed by atoms with Gasteiger partial charge in [0, 0.05) is 11.9 Å². The molecule has 0 aliphatic rings. The quantitative estimate of drug-likeness (QED) is 0.747. The van der Waals surface area contributed by atoms with Gasteiger partial charge in [0.05, 0.1) is 0 Å². The van der Waals surface area contributed by atoms with Crippen molar-refractivity contribution in [3.63, 3.8) is 0 Å². The molecule has 0 N–H and O–H groups in total. The van der Waals surface area contributed by atoms with Crippen LogP contribution in [0.25, 0.3) is 5.57 Å². The van der Waals surface area contributed by atoms with Crippen LogP contribution in [0.5, 0.6) is 0 Å². The molecule has 0 spiro atoms. The minimum absolute atomic E-state index is 0.281. The fourth-order valence-electron chi connectivity index (χ4n) is 1.49. The second-order valence-electron chi connectivity index (χ2n) is 4.07. The molecule has 0 radical (unpaired) electrons. The van der Waals surface area contributed by atoms with E-state index < -0.39 is 0 Å². The van der Waals surface area contributed by atoms with Gasteiger partial charge in [-0.2, -0.15) is 0 Å². The van der Waals surface area contributed by atoms with E-state index in [0.717, 1.165) is 22.5 Å². The van der Waals surface area contributed by atoms with Gasteiger partial charge in [-0.05, 0) is 29.7 Å². The Kier molecular flexibility index (Phi) is 4.15. The first-order valence-electron chi connectivity index (χ1n) is 5.65. The van der Waals surface area contributed by atoms with Crippen LogP contribution >= 0.6 is 11.8 Å². The fraction of sp³-hybridized carbons (Fsp3) is 0.133. The lowest BCUT2D eigenvalue weighted by atomic mass is 10.1. The maximum atomic E-state index is 13.8. The number of hydrogen-bond donors (Lipinski definition) is 0. The number of pyridine rings is 1. The molecule has 0 saturated heterocycles. The van der Waals surface area contributed by atoms with Crippen molar-refractivity contribution in [3.05, 3.63) is 66.1 Å². The summed E-state index contributed by atoms with van der Waals surface area (Å²) in [6.07, 6.45) is 1.67. The van der Waals surface area contributed by atoms with Crippen molar-refractivity contribution < 1.29 is 4.39 Å². The molecular formula is C15H14FNS. The molecule has 3 heteroatoms. The topological polar surface area (TPSA) is 12.9 Å². The summed E-state index contributed by atoms with van der Waals surface area (Å²) in [5, 5.41) is 0.434. The van der Waals surface area contributed by atoms with E-state index >= 15 is 0 Å². The number of rotatable bonds is 4. The molecule has 0 aliphatic carbocycles. The maximum absolute atomic E-state index is 13.8. The highest BCUT2D eigenvalue weighted by atomic mass is 32.2. The van der Waals surface area contributed by atoms with Crippen LogP contribution in [-0.2, 0) is 5.75 Å². The van der Waals surface area contributed by atoms with Crippen LogP contribution in [0, 0.1) is 5.82 Å². The summed E-state index contributed by atoms with van der Waals surface area (Å²) in [5.74, 6) is 0.438. The van der Waals surface area contributed by atoms with Crippen molar-refractivity contribution in [3.8, 4) is 0 Å². The number of thioether (sulfide) groups is 1. The minimum atomic E-state index is -0.281. The van der Waals surface area contributed by atoms with Crippen LogP contribution in [0.1, 0.15) is 18.1 Å². The van der Waals surface area contributed by atoms with Gasteiger partial charge in [0.15, 0.2) is 5.82 Å². The maximum Gasteiger partial charge on any atom is 0.155 e. The smallest absolute Gasteiger partial charge is 0.155 e. The van der Waals surface area contributed by atoms with E-state index in [9.17, 15) is 4.39 Å². The molecule has 0 bridgehead atoms. The first-order chi connectivity index (χ1) is 8.66. The third-order valence-electron chi connectivity index (χ3n) is 2.52. The first-order valence-corrected chi connectivity index (χ1v) is 6.63. The summed E-state index contributed by atoms with van der Waals surface area (Å²) in [4.78, 5) is 4.14. The molecule has 0 unspecified atom stereocenters. The van der Waals surface area contributed by atoms with E-state index in [-0.39, 0.29) is 5.82 Å². The summed E-state index contributed by atoms with van der Waals surface area (Å²) in [7, 11) is 0. The molecular weight excluding hydrogens is 245 g/mol. The highest BCUT2D eigenvalue weighted by Gasteiger charge is 2.06. The van der Waals surface area contributed by atoms with Crippen molar-refractivity contribution in [2.45, 2.75) is 17.7 Å². The predicted molar refractivity (Wildman–Crippen MR) is 74.9 cm³/mol. The van der Waals surface area contributed by atoms with Crippen molar-refractivity contribution in [1.82, 2.24) is 4.98 Å². The van der Waals surface area contributed by atoms with Gasteiger partial charge >= 0.3 is 0 Å². The highest BCUT2D eigenvalue weighted by molar-refractivity contribution is 7.98. The molecule has 2 aromatic rings. The zero-order valence-corrected chi connectivity index (χ0v) is 11.0. The van der Waals surface area contributed by atoms with E-state index in [1.807, 2.05) is 37.3 Å². The number of benzene rings is 1. The van der Waals surface area contributed by atoms with Crippen molar-refractivity contribution >= 4 is 17.3 Å². The van der Waals surface area contributed by atoms with Crippen molar-refractivity contribution in [2.75, 3.05) is 0 Å². The monoisotopic (exact) mass is 259 g/mol. The van der Waals surface area contributed by atoms with Crippen LogP contribution < -0.4 is 0 Å². The highest BCUT2D eigenvalue weighted by Crippen LogP contribution is 2.25. The normalized spacial score (nSPS) is 10.3. The molecule has 0 fully saturated rings. The van der Waals surface area contributed by atoms with Crippen molar-refractivity contribution in [1.29, 1.82) is 0 Å². The van der Waals surface area contributed by atoms with Gasteiger partial charge in [0.2, 0.25) is 0 Å². The summed E-state index contributed by atoms with van der Waals surface area (Å²) in [6.45, 7) is 5.62. The van der Waals surface area contributed by atoms with Crippen molar-refractivity contribution in [2.24, 2.45) is 0 Å². The number of allylic oxidation sites excluding steroid dienone is 1. The van der Waals surface area contributed by atoms with E-state index in [2.05, 4.69) is 11.6 Å². The molecule has 18 heavy (non-hydrogen) atoms. The zero-order valence-electron chi connectivity index (χ0n) is 10.2. The Labute approximate surface area is 111 Å². The Hall–Kier alpha value is -1.61. The van der Waals surface area contributed by atoms with Gasteiger partial charge in [-0.1, -0.05) is 48.7 Å². The lowest BCUT2D eigenvalue weighted by Crippen LogP contribution is -1.91. The Morgan fingerprint density at radius 2 is 2.06 bits per heavy atom. The van der Waals surface area contributed by atoms with Gasteiger partial charge in [-0.25, -0.2) is 9.37 Å². The molecule has 0 atom stereocenters. The van der Waals surface area contributed by atoms with Gasteiger partial charge < -0.3 is 0 Å². The van der Waals surface area contributed by atoms with Crippen LogP contribution in [0.4, 0.5) is 4.39 Å². The molecule has 1 nitrogen and oxygen atoms in total. The Morgan fingerprint density at radius 3 is 2.67 bits per heavy atom. The molecule has 0 amide bonds. The standard InChI is InChI=1S/C15H14FNS/c1-11(2)13-8-14(16)15(17-9-13)18-10-12-6-4-3-5-7-12/h3-9H,1,10H2,2H3. The minimum Gasteiger partial charge on any atom is -0.246 e. The summed E-state index contributed by atoms with van der Waals surface area (Å²) in [6, 6.07) is 11.4. The van der Waals surface area contributed by atoms with Crippen LogP contribution in [0.15, 0.2) is 54.2 Å². The lowest BCUT2D eigenvalue weighted by molar-refractivity contribution is 0.587. The summed E-state index contributed by atoms with van der Waals surface area (Å²) >= 11 is 1.40. The molecule has 1 aromatic carbocycles. The average molecular weight is 259 g/mol. The van der Waals surface area contributed by atoms with Crippen LogP contribution in [0.3, 0.4) is 0 Å². The Bertz CT molecular complexity index is 552. The third kappa shape index (κ3) is 3.20. The predicted octanol–water partition coefficient (Wildman–Crippen LogP) is 4.55. The number of halogens is 1. The van der Waals surface area contributed by atoms with Crippen LogP contribution in [-0.4, -0.2) is 4.98 Å². The number of hydrogen-bond acceptors (Lipinski definition) is 2. The van der Waals surface area contributed by atoms with Gasteiger partial charge in [-0.15, -0.1) is 0 Å². The Morgan fingerprint density at radius 1 is 1.33 bits per heavy atom. The van der Waals surface area contributed by atoms with Gasteiger partial charge in [0.1, 0.15) is 5.03 Å². The largest absolute Gasteiger partial charge is 0.246 e. The second-order valence-corrected chi connectivity index (χ2v) is 5.03. The summed E-state index contributed by atoms with van der Waals surface area (Å²) in [5.41, 5.74) is 2.73. The number of aromatic nitrogens is 1. The SMILES string of the molecule is C=C(C)c1cnc(SCc2ccccc2)c(F)c1. The lowest BCUT2D eigenvalue weighted by Gasteiger charge is -2.05. The second kappa shape index (κ2) is 5.83. The Balaban J connectivity index is 2.08. The summed E-state index contributed by atoms with van der Waals surface area (Å²) < 4.78 is 13.8. The zero-order chi connectivity index (χ0) is 13.0. The fourth-order valence-corrected chi connectivity index (χ4v) is 2.31. The average Bonchev–Trinajstić information content (AvgIpc) is 2.38. The molecule has 0 saturated carbocycles. The number of nitrogens with zero attached hydrogens (tertiary/aromatic N) is 1. The molecule has 92 valence electrons. The molecule has 0 aliphatic heterocycles. The van der Waals surface area contributed by atoms with Gasteiger partial charge in [0.25, 0.3) is 0 Å². The van der Waals surface area contributed by atoms with Gasteiger partial charge in [-0.3, -0.25) is 0 Å². The van der Waals surface area contributed by atoms with E-state index in [1.165, 1.54) is 17.8 Å². The van der Waals surface area contributed by atoms with E-state index in [4.69, 9.17) is 0 Å². The molecule has 1 aromatic heterocycles. The first kappa shape index (κ1) is 12.8. The van der Waals surface area contributed by atoms with E-state index in [0.29, 0.717) is 5.03 Å². The molecule has 1 heterocycles.